The van der Waals surface area contributed by atoms with E-state index in [1.54, 1.807) is 25.7 Å². The first kappa shape index (κ1) is 8.68. The second-order valence-electron chi connectivity index (χ2n) is 2.80. The number of nitrogens with zero attached hydrogens (tertiary/aromatic N) is 3. The van der Waals surface area contributed by atoms with E-state index in [2.05, 4.69) is 20.2 Å². The molecule has 5 nitrogen and oxygen atoms in total. The zero-order valence-electron chi connectivity index (χ0n) is 7.77. The van der Waals surface area contributed by atoms with Crippen molar-refractivity contribution in [3.8, 4) is 5.75 Å². The summed E-state index contributed by atoms with van der Waals surface area (Å²) in [6.45, 7) is 0. The Hall–Kier alpha value is -1.91. The van der Waals surface area contributed by atoms with E-state index in [1.807, 2.05) is 6.07 Å². The Labute approximate surface area is 81.2 Å². The molecule has 14 heavy (non-hydrogen) atoms. The molecule has 2 rings (SSSR count). The van der Waals surface area contributed by atoms with E-state index in [-0.39, 0.29) is 0 Å². The first-order valence-electron chi connectivity index (χ1n) is 4.22. The molecule has 0 aromatic carbocycles. The molecular formula is C9H10N4O. The maximum Gasteiger partial charge on any atom is 0.140 e. The Morgan fingerprint density at radius 3 is 3.14 bits per heavy atom. The monoisotopic (exact) mass is 190 g/mol. The largest absolute Gasteiger partial charge is 0.495 e. The van der Waals surface area contributed by atoms with Crippen LogP contribution in [0.4, 0.5) is 0 Å². The Kier molecular flexibility index (Phi) is 2.40. The number of rotatable bonds is 3. The van der Waals surface area contributed by atoms with Gasteiger partial charge in [0, 0.05) is 18.5 Å². The SMILES string of the molecule is COc1cnnc(Cc2ncc[nH]2)c1. The van der Waals surface area contributed by atoms with Crippen molar-refractivity contribution in [1.82, 2.24) is 20.2 Å². The Balaban J connectivity index is 2.17. The lowest BCUT2D eigenvalue weighted by Crippen LogP contribution is -1.97. The van der Waals surface area contributed by atoms with Crippen LogP contribution in [0.2, 0.25) is 0 Å². The lowest BCUT2D eigenvalue weighted by atomic mass is 10.3. The van der Waals surface area contributed by atoms with Crippen LogP contribution in [-0.4, -0.2) is 27.3 Å². The molecule has 5 heteroatoms. The van der Waals surface area contributed by atoms with Crippen LogP contribution in [0, 0.1) is 0 Å². The van der Waals surface area contributed by atoms with Gasteiger partial charge in [-0.2, -0.15) is 10.2 Å². The lowest BCUT2D eigenvalue weighted by Gasteiger charge is -2.00. The molecule has 1 N–H and O–H groups in total. The van der Waals surface area contributed by atoms with Gasteiger partial charge in [0.1, 0.15) is 11.6 Å². The third-order valence-electron chi connectivity index (χ3n) is 1.82. The minimum atomic E-state index is 0.636. The van der Waals surface area contributed by atoms with E-state index in [4.69, 9.17) is 4.74 Å². The molecule has 2 heterocycles. The molecule has 0 atom stereocenters. The second kappa shape index (κ2) is 3.87. The molecule has 0 fully saturated rings. The Morgan fingerprint density at radius 1 is 1.50 bits per heavy atom. The summed E-state index contributed by atoms with van der Waals surface area (Å²) in [7, 11) is 1.60. The van der Waals surface area contributed by atoms with Gasteiger partial charge in [0.15, 0.2) is 0 Å². The molecule has 2 aromatic rings. The molecule has 0 spiro atoms. The molecule has 0 saturated heterocycles. The minimum absolute atomic E-state index is 0.636. The topological polar surface area (TPSA) is 63.7 Å². The quantitative estimate of drug-likeness (QED) is 0.777. The molecule has 2 aromatic heterocycles. The van der Waals surface area contributed by atoms with Crippen molar-refractivity contribution in [3.05, 3.63) is 36.2 Å². The summed E-state index contributed by atoms with van der Waals surface area (Å²) in [4.78, 5) is 7.11. The highest BCUT2D eigenvalue weighted by atomic mass is 16.5. The number of hydrogen-bond acceptors (Lipinski definition) is 4. The van der Waals surface area contributed by atoms with Gasteiger partial charge in [-0.3, -0.25) is 0 Å². The van der Waals surface area contributed by atoms with Crippen LogP contribution in [0.25, 0.3) is 0 Å². The van der Waals surface area contributed by atoms with Gasteiger partial charge in [-0.15, -0.1) is 0 Å². The number of ether oxygens (including phenoxy) is 1. The maximum atomic E-state index is 5.04. The zero-order chi connectivity index (χ0) is 9.80. The highest BCUT2D eigenvalue weighted by Gasteiger charge is 2.01. The van der Waals surface area contributed by atoms with Crippen molar-refractivity contribution in [3.63, 3.8) is 0 Å². The van der Waals surface area contributed by atoms with Gasteiger partial charge in [0.2, 0.25) is 0 Å². The van der Waals surface area contributed by atoms with E-state index in [9.17, 15) is 0 Å². The smallest absolute Gasteiger partial charge is 0.140 e. The molecule has 0 saturated carbocycles. The van der Waals surface area contributed by atoms with E-state index >= 15 is 0 Å². The van der Waals surface area contributed by atoms with Gasteiger partial charge in [-0.05, 0) is 0 Å². The summed E-state index contributed by atoms with van der Waals surface area (Å²) in [5.41, 5.74) is 0.833. The van der Waals surface area contributed by atoms with Crippen LogP contribution in [0.1, 0.15) is 11.5 Å². The summed E-state index contributed by atoms with van der Waals surface area (Å²) < 4.78 is 5.04. The van der Waals surface area contributed by atoms with Crippen LogP contribution < -0.4 is 4.74 Å². The average Bonchev–Trinajstić information content (AvgIpc) is 2.71. The summed E-state index contributed by atoms with van der Waals surface area (Å²) in [5, 5.41) is 7.79. The number of H-pyrrole nitrogens is 1. The van der Waals surface area contributed by atoms with Crippen molar-refractivity contribution in [2.45, 2.75) is 6.42 Å². The van der Waals surface area contributed by atoms with Gasteiger partial charge < -0.3 is 9.72 Å². The molecule has 0 radical (unpaired) electrons. The molecule has 72 valence electrons. The molecule has 0 bridgehead atoms. The number of aromatic amines is 1. The molecule has 0 aliphatic heterocycles. The number of nitrogens with one attached hydrogen (secondary N) is 1. The number of aromatic nitrogens is 4. The van der Waals surface area contributed by atoms with Crippen molar-refractivity contribution in [1.29, 1.82) is 0 Å². The first-order valence-corrected chi connectivity index (χ1v) is 4.22. The molecular weight excluding hydrogens is 180 g/mol. The predicted molar refractivity (Wildman–Crippen MR) is 50.0 cm³/mol. The van der Waals surface area contributed by atoms with Crippen molar-refractivity contribution >= 4 is 0 Å². The van der Waals surface area contributed by atoms with Crippen LogP contribution in [-0.2, 0) is 6.42 Å². The van der Waals surface area contributed by atoms with Crippen LogP contribution in [0.15, 0.2) is 24.7 Å². The standard InChI is InChI=1S/C9H10N4O/c1-14-8-4-7(13-12-6-8)5-9-10-2-3-11-9/h2-4,6H,5H2,1H3,(H,10,11). The average molecular weight is 190 g/mol. The highest BCUT2D eigenvalue weighted by molar-refractivity contribution is 5.20. The molecule has 0 aliphatic carbocycles. The molecule has 0 unspecified atom stereocenters. The minimum Gasteiger partial charge on any atom is -0.495 e. The zero-order valence-corrected chi connectivity index (χ0v) is 7.77. The van der Waals surface area contributed by atoms with Gasteiger partial charge >= 0.3 is 0 Å². The van der Waals surface area contributed by atoms with E-state index in [0.29, 0.717) is 12.2 Å². The van der Waals surface area contributed by atoms with Crippen LogP contribution >= 0.6 is 0 Å². The summed E-state index contributed by atoms with van der Waals surface area (Å²) in [6, 6.07) is 1.84. The number of hydrogen-bond donors (Lipinski definition) is 1. The lowest BCUT2D eigenvalue weighted by molar-refractivity contribution is 0.410. The van der Waals surface area contributed by atoms with Crippen molar-refractivity contribution in [2.75, 3.05) is 7.11 Å². The normalized spacial score (nSPS) is 10.1. The van der Waals surface area contributed by atoms with Crippen LogP contribution in [0.3, 0.4) is 0 Å². The van der Waals surface area contributed by atoms with Gasteiger partial charge in [-0.1, -0.05) is 0 Å². The van der Waals surface area contributed by atoms with Gasteiger partial charge in [0.25, 0.3) is 0 Å². The van der Waals surface area contributed by atoms with Crippen molar-refractivity contribution < 1.29 is 4.74 Å². The number of methoxy groups -OCH3 is 1. The third kappa shape index (κ3) is 1.87. The molecule has 0 aliphatic rings. The summed E-state index contributed by atoms with van der Waals surface area (Å²) in [5.74, 6) is 1.58. The highest BCUT2D eigenvalue weighted by Crippen LogP contribution is 2.09. The second-order valence-corrected chi connectivity index (χ2v) is 2.80. The first-order chi connectivity index (χ1) is 6.88. The third-order valence-corrected chi connectivity index (χ3v) is 1.82. The summed E-state index contributed by atoms with van der Waals surface area (Å²) in [6.07, 6.45) is 5.70. The van der Waals surface area contributed by atoms with E-state index in [1.165, 1.54) is 0 Å². The van der Waals surface area contributed by atoms with Gasteiger partial charge in [-0.25, -0.2) is 4.98 Å². The fourth-order valence-corrected chi connectivity index (χ4v) is 1.15. The molecule has 0 amide bonds. The van der Waals surface area contributed by atoms with Crippen LogP contribution in [0.5, 0.6) is 5.75 Å². The fraction of sp³-hybridized carbons (Fsp3) is 0.222. The van der Waals surface area contributed by atoms with E-state index in [0.717, 1.165) is 11.5 Å². The maximum absolute atomic E-state index is 5.04. The number of imidazole rings is 1. The predicted octanol–water partition coefficient (Wildman–Crippen LogP) is 0.799. The fourth-order valence-electron chi connectivity index (χ4n) is 1.15. The van der Waals surface area contributed by atoms with Crippen molar-refractivity contribution in [2.24, 2.45) is 0 Å². The van der Waals surface area contributed by atoms with E-state index < -0.39 is 0 Å². The van der Waals surface area contributed by atoms with Gasteiger partial charge in [0.05, 0.1) is 25.4 Å². The Bertz CT molecular complexity index is 399. The summed E-state index contributed by atoms with van der Waals surface area (Å²) >= 11 is 0. The Morgan fingerprint density at radius 2 is 2.43 bits per heavy atom.